The minimum atomic E-state index is -4.59. The second-order valence-corrected chi connectivity index (χ2v) is 8.35. The van der Waals surface area contributed by atoms with Gasteiger partial charge < -0.3 is 10.6 Å². The number of halogens is 6. The van der Waals surface area contributed by atoms with E-state index < -0.39 is 23.5 Å². The highest BCUT2D eigenvalue weighted by Gasteiger charge is 2.34. The molecule has 0 aliphatic rings. The average Bonchev–Trinajstić information content (AvgIpc) is 2.85. The number of pyridine rings is 1. The third-order valence-corrected chi connectivity index (χ3v) is 5.59. The van der Waals surface area contributed by atoms with Crippen LogP contribution in [0.4, 0.5) is 37.8 Å². The molecule has 0 aliphatic carbocycles. The van der Waals surface area contributed by atoms with Crippen molar-refractivity contribution in [2.45, 2.75) is 38.7 Å². The fourth-order valence-corrected chi connectivity index (χ4v) is 3.74. The van der Waals surface area contributed by atoms with E-state index in [1.807, 2.05) is 0 Å². The van der Waals surface area contributed by atoms with E-state index >= 15 is 0 Å². The van der Waals surface area contributed by atoms with Crippen LogP contribution in [0.2, 0.25) is 0 Å². The lowest BCUT2D eigenvalue weighted by Gasteiger charge is -2.15. The number of anilines is 2. The first-order valence-electron chi connectivity index (χ1n) is 11.5. The van der Waals surface area contributed by atoms with E-state index in [-0.39, 0.29) is 11.3 Å². The molecule has 0 fully saturated rings. The number of nitrogens with one attached hydrogen (secondary N) is 2. The average molecular weight is 519 g/mol. The zero-order chi connectivity index (χ0) is 26.6. The molecule has 0 atom stereocenters. The molecule has 2 aromatic heterocycles. The summed E-state index contributed by atoms with van der Waals surface area (Å²) in [5.41, 5.74) is -0.918. The summed E-state index contributed by atoms with van der Waals surface area (Å²) in [5, 5.41) is 6.73. The van der Waals surface area contributed by atoms with Gasteiger partial charge in [0.05, 0.1) is 28.9 Å². The molecule has 5 nitrogen and oxygen atoms in total. The first-order chi connectivity index (χ1) is 17.6. The minimum absolute atomic E-state index is 0.226. The van der Waals surface area contributed by atoms with Gasteiger partial charge in [0.15, 0.2) is 0 Å². The van der Waals surface area contributed by atoms with Crippen molar-refractivity contribution >= 4 is 22.4 Å². The molecule has 0 unspecified atom stereocenters. The van der Waals surface area contributed by atoms with Gasteiger partial charge >= 0.3 is 12.4 Å². The molecule has 0 radical (unpaired) electrons. The van der Waals surface area contributed by atoms with Crippen molar-refractivity contribution in [3.8, 4) is 11.3 Å². The van der Waals surface area contributed by atoms with Gasteiger partial charge in [0.25, 0.3) is 0 Å². The highest BCUT2D eigenvalue weighted by atomic mass is 19.4. The van der Waals surface area contributed by atoms with Crippen LogP contribution in [0.1, 0.15) is 36.7 Å². The molecular formula is C26H23F6N5. The molecule has 0 bridgehead atoms. The number of alkyl halides is 6. The first kappa shape index (κ1) is 26.3. The van der Waals surface area contributed by atoms with Crippen LogP contribution in [0.3, 0.4) is 0 Å². The Kier molecular flexibility index (Phi) is 7.63. The molecule has 4 rings (SSSR count). The van der Waals surface area contributed by atoms with Gasteiger partial charge in [0.2, 0.25) is 0 Å². The summed E-state index contributed by atoms with van der Waals surface area (Å²) < 4.78 is 79.5. The van der Waals surface area contributed by atoms with Crippen molar-refractivity contribution in [1.29, 1.82) is 0 Å². The van der Waals surface area contributed by atoms with E-state index in [4.69, 9.17) is 0 Å². The summed E-state index contributed by atoms with van der Waals surface area (Å²) in [6, 6.07) is 11.2. The molecule has 0 saturated carbocycles. The molecule has 11 heteroatoms. The Morgan fingerprint density at radius 3 is 2.30 bits per heavy atom. The van der Waals surface area contributed by atoms with E-state index in [0.717, 1.165) is 37.6 Å². The Labute approximate surface area is 209 Å². The largest absolute Gasteiger partial charge is 0.418 e. The topological polar surface area (TPSA) is 62.7 Å². The summed E-state index contributed by atoms with van der Waals surface area (Å²) in [7, 11) is 0. The SMILES string of the molecule is CCCCNCc1nc(Nc2ccc(C(F)(F)F)cc2)c2ccc(-c3ncccc3C(F)(F)F)cc2n1. The maximum absolute atomic E-state index is 13.6. The van der Waals surface area contributed by atoms with Crippen LogP contribution in [-0.4, -0.2) is 21.5 Å². The Bertz CT molecular complexity index is 1370. The normalized spacial score (nSPS) is 12.2. The summed E-state index contributed by atoms with van der Waals surface area (Å²) >= 11 is 0. The number of unbranched alkanes of at least 4 members (excludes halogenated alkanes) is 1. The van der Waals surface area contributed by atoms with Crippen molar-refractivity contribution < 1.29 is 26.3 Å². The standard InChI is InChI=1S/C26H23F6N5/c1-2-3-12-33-15-22-36-21-14-16(23-20(26(30,31)32)5-4-13-34-23)6-11-19(21)24(37-22)35-18-9-7-17(8-10-18)25(27,28)29/h4-11,13-14,33H,2-3,12,15H2,1H3,(H,35,36,37). The van der Waals surface area contributed by atoms with Crippen molar-refractivity contribution in [2.75, 3.05) is 11.9 Å². The third kappa shape index (κ3) is 6.34. The Balaban J connectivity index is 1.75. The molecule has 0 aliphatic heterocycles. The van der Waals surface area contributed by atoms with Gasteiger partial charge in [-0.25, -0.2) is 9.97 Å². The van der Waals surface area contributed by atoms with Crippen LogP contribution in [0, 0.1) is 0 Å². The van der Waals surface area contributed by atoms with E-state index in [0.29, 0.717) is 34.8 Å². The summed E-state index contributed by atoms with van der Waals surface area (Å²) in [6.07, 6.45) is -5.84. The van der Waals surface area contributed by atoms with Gasteiger partial charge in [0, 0.05) is 22.8 Å². The van der Waals surface area contributed by atoms with Crippen LogP contribution in [0.25, 0.3) is 22.2 Å². The lowest BCUT2D eigenvalue weighted by Crippen LogP contribution is -2.17. The molecule has 0 spiro atoms. The lowest BCUT2D eigenvalue weighted by atomic mass is 10.0. The van der Waals surface area contributed by atoms with Crippen LogP contribution < -0.4 is 10.6 Å². The van der Waals surface area contributed by atoms with Gasteiger partial charge in [-0.1, -0.05) is 19.4 Å². The fraction of sp³-hybridized carbons (Fsp3) is 0.269. The summed E-state index contributed by atoms with van der Waals surface area (Å²) in [6.45, 7) is 3.08. The van der Waals surface area contributed by atoms with Gasteiger partial charge in [-0.05, 0) is 61.5 Å². The lowest BCUT2D eigenvalue weighted by molar-refractivity contribution is -0.138. The molecular weight excluding hydrogens is 496 g/mol. The van der Waals surface area contributed by atoms with Gasteiger partial charge in [0.1, 0.15) is 11.6 Å². The van der Waals surface area contributed by atoms with E-state index in [1.165, 1.54) is 36.5 Å². The van der Waals surface area contributed by atoms with Crippen LogP contribution >= 0.6 is 0 Å². The predicted molar refractivity (Wildman–Crippen MR) is 129 cm³/mol. The number of fused-ring (bicyclic) bond motifs is 1. The minimum Gasteiger partial charge on any atom is -0.340 e. The van der Waals surface area contributed by atoms with Crippen LogP contribution in [0.15, 0.2) is 60.8 Å². The number of nitrogens with zero attached hydrogens (tertiary/aromatic N) is 3. The second-order valence-electron chi connectivity index (χ2n) is 8.35. The Morgan fingerprint density at radius 1 is 0.865 bits per heavy atom. The molecule has 0 saturated heterocycles. The molecule has 2 heterocycles. The number of hydrogen-bond donors (Lipinski definition) is 2. The zero-order valence-corrected chi connectivity index (χ0v) is 19.7. The van der Waals surface area contributed by atoms with Gasteiger partial charge in [-0.15, -0.1) is 0 Å². The van der Waals surface area contributed by atoms with Crippen LogP contribution in [0.5, 0.6) is 0 Å². The smallest absolute Gasteiger partial charge is 0.340 e. The molecule has 2 N–H and O–H groups in total. The Morgan fingerprint density at radius 2 is 1.62 bits per heavy atom. The van der Waals surface area contributed by atoms with E-state index in [1.54, 1.807) is 6.07 Å². The summed E-state index contributed by atoms with van der Waals surface area (Å²) in [5.74, 6) is 0.702. The molecule has 194 valence electrons. The quantitative estimate of drug-likeness (QED) is 0.188. The highest BCUT2D eigenvalue weighted by Crippen LogP contribution is 2.37. The molecule has 0 amide bonds. The van der Waals surface area contributed by atoms with E-state index in [9.17, 15) is 26.3 Å². The van der Waals surface area contributed by atoms with Crippen molar-refractivity contribution in [1.82, 2.24) is 20.3 Å². The van der Waals surface area contributed by atoms with Gasteiger partial charge in [-0.2, -0.15) is 26.3 Å². The molecule has 37 heavy (non-hydrogen) atoms. The van der Waals surface area contributed by atoms with Crippen molar-refractivity contribution in [3.05, 3.63) is 77.7 Å². The summed E-state index contributed by atoms with van der Waals surface area (Å²) in [4.78, 5) is 13.0. The molecule has 2 aromatic carbocycles. The number of hydrogen-bond acceptors (Lipinski definition) is 5. The van der Waals surface area contributed by atoms with Crippen LogP contribution in [-0.2, 0) is 18.9 Å². The number of rotatable bonds is 8. The van der Waals surface area contributed by atoms with Crippen molar-refractivity contribution in [3.63, 3.8) is 0 Å². The fourth-order valence-electron chi connectivity index (χ4n) is 3.74. The molecule has 4 aromatic rings. The predicted octanol–water partition coefficient (Wildman–Crippen LogP) is 7.36. The zero-order valence-electron chi connectivity index (χ0n) is 19.7. The highest BCUT2D eigenvalue weighted by molar-refractivity contribution is 5.93. The maximum atomic E-state index is 13.6. The second kappa shape index (κ2) is 10.7. The maximum Gasteiger partial charge on any atom is 0.418 e. The number of aromatic nitrogens is 3. The number of benzene rings is 2. The van der Waals surface area contributed by atoms with Crippen molar-refractivity contribution in [2.24, 2.45) is 0 Å². The first-order valence-corrected chi connectivity index (χ1v) is 11.5. The van der Waals surface area contributed by atoms with E-state index in [2.05, 4.69) is 32.5 Å². The monoisotopic (exact) mass is 519 g/mol. The third-order valence-electron chi connectivity index (χ3n) is 5.59. The Hall–Kier alpha value is -3.73. The van der Waals surface area contributed by atoms with Gasteiger partial charge in [-0.3, -0.25) is 4.98 Å².